The van der Waals surface area contributed by atoms with Crippen molar-refractivity contribution in [2.75, 3.05) is 13.1 Å². The van der Waals surface area contributed by atoms with Gasteiger partial charge in [0.2, 0.25) is 0 Å². The first-order valence-electron chi connectivity index (χ1n) is 6.43. The van der Waals surface area contributed by atoms with Crippen molar-refractivity contribution in [3.63, 3.8) is 0 Å². The van der Waals surface area contributed by atoms with Crippen molar-refractivity contribution >= 4 is 43.7 Å². The Morgan fingerprint density at radius 2 is 2.10 bits per heavy atom. The Morgan fingerprint density at radius 1 is 1.35 bits per heavy atom. The van der Waals surface area contributed by atoms with E-state index in [0.29, 0.717) is 18.7 Å². The Labute approximate surface area is 134 Å². The molecule has 0 saturated carbocycles. The van der Waals surface area contributed by atoms with Crippen LogP contribution in [0.5, 0.6) is 0 Å². The number of hydrogen-bond acceptors (Lipinski definition) is 2. The number of carboxylic acid groups (broad SMARTS) is 1. The number of carbonyl (C=O) groups excluding carboxylic acids is 1. The van der Waals surface area contributed by atoms with Crippen LogP contribution in [-0.4, -0.2) is 35.0 Å². The third-order valence-corrected chi connectivity index (χ3v) is 4.61. The fourth-order valence-electron chi connectivity index (χ4n) is 2.49. The molecule has 6 heteroatoms. The molecular formula is C14H15Br2NO3. The second-order valence-corrected chi connectivity index (χ2v) is 6.75. The lowest BCUT2D eigenvalue weighted by atomic mass is 9.94. The number of piperidine rings is 1. The van der Waals surface area contributed by atoms with E-state index in [1.54, 1.807) is 11.0 Å². The molecule has 1 aliphatic rings. The second kappa shape index (κ2) is 6.72. The fourth-order valence-corrected chi connectivity index (χ4v) is 3.27. The van der Waals surface area contributed by atoms with Gasteiger partial charge >= 0.3 is 5.97 Å². The molecule has 0 aliphatic carbocycles. The van der Waals surface area contributed by atoms with Crippen LogP contribution < -0.4 is 0 Å². The molecule has 2 rings (SSSR count). The smallest absolute Gasteiger partial charge is 0.303 e. The molecular weight excluding hydrogens is 390 g/mol. The molecule has 1 aromatic carbocycles. The minimum absolute atomic E-state index is 0.0479. The van der Waals surface area contributed by atoms with Crippen molar-refractivity contribution in [2.45, 2.75) is 19.3 Å². The molecule has 1 N–H and O–H groups in total. The van der Waals surface area contributed by atoms with Crippen LogP contribution in [0.3, 0.4) is 0 Å². The van der Waals surface area contributed by atoms with Gasteiger partial charge in [0.15, 0.2) is 0 Å². The molecule has 0 radical (unpaired) electrons. The van der Waals surface area contributed by atoms with Gasteiger partial charge in [-0.3, -0.25) is 9.59 Å². The SMILES string of the molecule is O=C(O)CC1CCCN(C(=O)c2cc(Br)ccc2Br)C1. The zero-order valence-corrected chi connectivity index (χ0v) is 14.0. The van der Waals surface area contributed by atoms with E-state index in [2.05, 4.69) is 31.9 Å². The molecule has 1 unspecified atom stereocenters. The second-order valence-electron chi connectivity index (χ2n) is 4.98. The number of carbonyl (C=O) groups is 2. The van der Waals surface area contributed by atoms with Crippen LogP contribution in [0.1, 0.15) is 29.6 Å². The van der Waals surface area contributed by atoms with E-state index >= 15 is 0 Å². The maximum absolute atomic E-state index is 12.5. The zero-order chi connectivity index (χ0) is 14.7. The summed E-state index contributed by atoms with van der Waals surface area (Å²) in [5, 5.41) is 8.87. The van der Waals surface area contributed by atoms with Gasteiger partial charge < -0.3 is 10.0 Å². The third kappa shape index (κ3) is 3.82. The number of halogens is 2. The molecule has 4 nitrogen and oxygen atoms in total. The first-order chi connectivity index (χ1) is 9.47. The van der Waals surface area contributed by atoms with Crippen LogP contribution in [0.2, 0.25) is 0 Å². The number of aliphatic carboxylic acids is 1. The Bertz CT molecular complexity index is 533. The molecule has 20 heavy (non-hydrogen) atoms. The van der Waals surface area contributed by atoms with E-state index < -0.39 is 5.97 Å². The van der Waals surface area contributed by atoms with Gasteiger partial charge in [-0.25, -0.2) is 0 Å². The lowest BCUT2D eigenvalue weighted by molar-refractivity contribution is -0.138. The van der Waals surface area contributed by atoms with Crippen molar-refractivity contribution in [3.05, 3.63) is 32.7 Å². The van der Waals surface area contributed by atoms with Crippen LogP contribution in [0.25, 0.3) is 0 Å². The van der Waals surface area contributed by atoms with Crippen LogP contribution >= 0.6 is 31.9 Å². The summed E-state index contributed by atoms with van der Waals surface area (Å²) in [5.74, 6) is -0.794. The zero-order valence-electron chi connectivity index (χ0n) is 10.8. The normalized spacial score (nSPS) is 18.9. The Balaban J connectivity index is 2.12. The standard InChI is InChI=1S/C14H15Br2NO3/c15-10-3-4-12(16)11(7-10)14(20)17-5-1-2-9(8-17)6-13(18)19/h3-4,7,9H,1-2,5-6,8H2,(H,18,19). The lowest BCUT2D eigenvalue weighted by Crippen LogP contribution is -2.40. The van der Waals surface area contributed by atoms with E-state index in [1.165, 1.54) is 0 Å². The topological polar surface area (TPSA) is 57.6 Å². The average molecular weight is 405 g/mol. The van der Waals surface area contributed by atoms with Crippen LogP contribution in [0.4, 0.5) is 0 Å². The quantitative estimate of drug-likeness (QED) is 0.838. The molecule has 1 amide bonds. The van der Waals surface area contributed by atoms with Crippen LogP contribution in [-0.2, 0) is 4.79 Å². The highest BCUT2D eigenvalue weighted by Crippen LogP contribution is 2.26. The molecule has 1 atom stereocenters. The Hall–Kier alpha value is -0.880. The van der Waals surface area contributed by atoms with Crippen LogP contribution in [0, 0.1) is 5.92 Å². The molecule has 0 bridgehead atoms. The summed E-state index contributed by atoms with van der Waals surface area (Å²) in [7, 11) is 0. The van der Waals surface area contributed by atoms with Gasteiger partial charge in [-0.1, -0.05) is 15.9 Å². The molecule has 1 aromatic rings. The maximum atomic E-state index is 12.5. The maximum Gasteiger partial charge on any atom is 0.303 e. The lowest BCUT2D eigenvalue weighted by Gasteiger charge is -2.32. The molecule has 1 fully saturated rings. The van der Waals surface area contributed by atoms with E-state index in [-0.39, 0.29) is 18.2 Å². The van der Waals surface area contributed by atoms with Gasteiger partial charge in [-0.2, -0.15) is 0 Å². The predicted octanol–water partition coefficient (Wildman–Crippen LogP) is 3.54. The van der Waals surface area contributed by atoms with Crippen LogP contribution in [0.15, 0.2) is 27.1 Å². The van der Waals surface area contributed by atoms with Gasteiger partial charge in [0, 0.05) is 28.5 Å². The minimum Gasteiger partial charge on any atom is -0.481 e. The molecule has 1 heterocycles. The molecule has 0 aromatic heterocycles. The number of hydrogen-bond donors (Lipinski definition) is 1. The summed E-state index contributed by atoms with van der Waals surface area (Å²) in [6, 6.07) is 5.48. The largest absolute Gasteiger partial charge is 0.481 e. The molecule has 0 spiro atoms. The van der Waals surface area contributed by atoms with Gasteiger partial charge in [0.1, 0.15) is 0 Å². The minimum atomic E-state index is -0.798. The Morgan fingerprint density at radius 3 is 2.80 bits per heavy atom. The number of carboxylic acids is 1. The first kappa shape index (κ1) is 15.5. The van der Waals surface area contributed by atoms with E-state index in [1.807, 2.05) is 12.1 Å². The third-order valence-electron chi connectivity index (χ3n) is 3.43. The van der Waals surface area contributed by atoms with Gasteiger partial charge in [0.05, 0.1) is 5.56 Å². The van der Waals surface area contributed by atoms with Crippen molar-refractivity contribution in [3.8, 4) is 0 Å². The van der Waals surface area contributed by atoms with Gasteiger partial charge in [0.25, 0.3) is 5.91 Å². The van der Waals surface area contributed by atoms with Crippen molar-refractivity contribution in [2.24, 2.45) is 5.92 Å². The number of benzene rings is 1. The van der Waals surface area contributed by atoms with E-state index in [4.69, 9.17) is 5.11 Å². The summed E-state index contributed by atoms with van der Waals surface area (Å²) < 4.78 is 1.61. The number of rotatable bonds is 3. The van der Waals surface area contributed by atoms with Gasteiger partial charge in [-0.05, 0) is 52.9 Å². The predicted molar refractivity (Wildman–Crippen MR) is 82.7 cm³/mol. The highest BCUT2D eigenvalue weighted by Gasteiger charge is 2.26. The summed E-state index contributed by atoms with van der Waals surface area (Å²) in [6.45, 7) is 1.21. The Kier molecular flexibility index (Phi) is 5.21. The molecule has 1 aliphatic heterocycles. The molecule has 1 saturated heterocycles. The highest BCUT2D eigenvalue weighted by atomic mass is 79.9. The summed E-state index contributed by atoms with van der Waals surface area (Å²) >= 11 is 6.75. The number of likely N-dealkylation sites (tertiary alicyclic amines) is 1. The fraction of sp³-hybridized carbons (Fsp3) is 0.429. The van der Waals surface area contributed by atoms with Crippen molar-refractivity contribution < 1.29 is 14.7 Å². The first-order valence-corrected chi connectivity index (χ1v) is 8.02. The van der Waals surface area contributed by atoms with Gasteiger partial charge in [-0.15, -0.1) is 0 Å². The van der Waals surface area contributed by atoms with E-state index in [0.717, 1.165) is 21.8 Å². The number of nitrogens with zero attached hydrogens (tertiary/aromatic N) is 1. The van der Waals surface area contributed by atoms with Crippen molar-refractivity contribution in [1.82, 2.24) is 4.90 Å². The van der Waals surface area contributed by atoms with E-state index in [9.17, 15) is 9.59 Å². The molecule has 108 valence electrons. The van der Waals surface area contributed by atoms with Crippen molar-refractivity contribution in [1.29, 1.82) is 0 Å². The monoisotopic (exact) mass is 403 g/mol. The highest BCUT2D eigenvalue weighted by molar-refractivity contribution is 9.11. The average Bonchev–Trinajstić information content (AvgIpc) is 2.40. The summed E-state index contributed by atoms with van der Waals surface area (Å²) in [5.41, 5.74) is 0.607. The number of amides is 1. The summed E-state index contributed by atoms with van der Waals surface area (Å²) in [4.78, 5) is 25.1. The summed E-state index contributed by atoms with van der Waals surface area (Å²) in [6.07, 6.45) is 1.86.